The first-order valence-corrected chi connectivity index (χ1v) is 23.7. The van der Waals surface area contributed by atoms with E-state index < -0.39 is 170 Å². The summed E-state index contributed by atoms with van der Waals surface area (Å²) in [6, 6.07) is 8.25. The van der Waals surface area contributed by atoms with E-state index in [1.54, 1.807) is 30.3 Å². The first kappa shape index (κ1) is 55.9. The normalized spacial score (nSPS) is 38.1. The number of carbonyl (C=O) groups excluding carboxylic acids is 2. The second-order valence-corrected chi connectivity index (χ2v) is 18.7. The molecule has 30 heteroatoms. The summed E-state index contributed by atoms with van der Waals surface area (Å²) in [4.78, 5) is 39.2. The number of carboxylic acids is 1. The molecule has 16 N–H and O–H groups in total. The first-order valence-electron chi connectivity index (χ1n) is 21.8. The van der Waals surface area contributed by atoms with E-state index in [9.17, 15) is 84.1 Å². The molecule has 4 aliphatic heterocycles. The number of benzene rings is 2. The number of rotatable bonds is 18. The maximum atomic E-state index is 14.6. The molecule has 0 spiro atoms. The lowest BCUT2D eigenvalue weighted by molar-refractivity contribution is -0.367. The molecule has 4 aliphatic rings. The Bertz CT molecular complexity index is 2240. The predicted octanol–water partition coefficient (Wildman–Crippen LogP) is -6.77. The molecular formula is C41H58N4O25S. The summed E-state index contributed by atoms with van der Waals surface area (Å²) >= 11 is 0. The van der Waals surface area contributed by atoms with Crippen LogP contribution in [0.15, 0.2) is 48.5 Å². The maximum absolute atomic E-state index is 14.6. The van der Waals surface area contributed by atoms with E-state index in [0.29, 0.717) is 0 Å². The highest BCUT2D eigenvalue weighted by Crippen LogP contribution is 2.37. The molecule has 0 aliphatic carbocycles. The second-order valence-electron chi connectivity index (χ2n) is 17.0. The van der Waals surface area contributed by atoms with Crippen molar-refractivity contribution in [1.29, 1.82) is 0 Å². The number of nitrogens with one attached hydrogen (secondary N) is 4. The van der Waals surface area contributed by atoms with Crippen molar-refractivity contribution in [2.45, 2.75) is 143 Å². The number of anilines is 2. The molecule has 6 rings (SSSR count). The summed E-state index contributed by atoms with van der Waals surface area (Å²) in [7, 11) is -3.90. The Labute approximate surface area is 403 Å². The van der Waals surface area contributed by atoms with Gasteiger partial charge in [-0.2, -0.15) is 0 Å². The number of para-hydroxylation sites is 1. The van der Waals surface area contributed by atoms with Gasteiger partial charge >= 0.3 is 5.97 Å². The molecule has 29 nitrogen and oxygen atoms in total. The van der Waals surface area contributed by atoms with E-state index in [-0.39, 0.29) is 22.9 Å². The lowest BCUT2D eigenvalue weighted by atomic mass is 9.93. The van der Waals surface area contributed by atoms with Crippen molar-refractivity contribution in [3.05, 3.63) is 48.5 Å². The van der Waals surface area contributed by atoms with Gasteiger partial charge in [0, 0.05) is 18.7 Å². The van der Waals surface area contributed by atoms with Crippen LogP contribution >= 0.6 is 0 Å². The number of hydrogen-bond donors (Lipinski definition) is 16. The van der Waals surface area contributed by atoms with Crippen LogP contribution in [0, 0.1) is 0 Å². The summed E-state index contributed by atoms with van der Waals surface area (Å²) in [5.41, 5.74) is -0.211. The van der Waals surface area contributed by atoms with Crippen molar-refractivity contribution < 1.29 is 122 Å². The molecule has 398 valence electrons. The van der Waals surface area contributed by atoms with Crippen molar-refractivity contribution in [2.24, 2.45) is 0 Å². The summed E-state index contributed by atoms with van der Waals surface area (Å²) in [6.07, 6.45) is -37.6. The molecule has 0 radical (unpaired) electrons. The Kier molecular flexibility index (Phi) is 18.7. The Hall–Kier alpha value is -4.36. The highest BCUT2D eigenvalue weighted by atomic mass is 32.2. The first-order chi connectivity index (χ1) is 33.4. The lowest BCUT2D eigenvalue weighted by Crippen LogP contribution is -2.71. The average Bonchev–Trinajstić information content (AvgIpc) is 3.30. The van der Waals surface area contributed by atoms with Gasteiger partial charge in [0.2, 0.25) is 15.9 Å². The molecule has 4 saturated heterocycles. The van der Waals surface area contributed by atoms with Gasteiger partial charge in [-0.15, -0.1) is 0 Å². The summed E-state index contributed by atoms with van der Waals surface area (Å²) < 4.78 is 72.8. The fourth-order valence-electron chi connectivity index (χ4n) is 8.18. The topological polar surface area (TPSA) is 450 Å². The fraction of sp³-hybridized carbons (Fsp3) is 0.634. The quantitative estimate of drug-likeness (QED) is 0.0617. The zero-order valence-electron chi connectivity index (χ0n) is 37.7. The summed E-state index contributed by atoms with van der Waals surface area (Å²) in [5, 5.41) is 136. The number of aliphatic hydroxyl groups excluding tert-OH is 11. The van der Waals surface area contributed by atoms with Crippen molar-refractivity contribution in [3.63, 3.8) is 0 Å². The third-order valence-electron chi connectivity index (χ3n) is 11.5. The minimum Gasteiger partial charge on any atom is -0.479 e. The van der Waals surface area contributed by atoms with Crippen molar-refractivity contribution in [2.75, 3.05) is 29.5 Å². The smallest absolute Gasteiger partial charge is 0.335 e. The second kappa shape index (κ2) is 23.7. The highest BCUT2D eigenvalue weighted by Gasteiger charge is 2.57. The van der Waals surface area contributed by atoms with Crippen LogP contribution in [0.4, 0.5) is 11.4 Å². The van der Waals surface area contributed by atoms with Crippen LogP contribution in [-0.2, 0) is 57.6 Å². The Morgan fingerprint density at radius 1 is 0.690 bits per heavy atom. The van der Waals surface area contributed by atoms with Crippen LogP contribution in [0.5, 0.6) is 11.5 Å². The molecule has 21 atom stereocenters. The van der Waals surface area contributed by atoms with Gasteiger partial charge in [0.05, 0.1) is 31.2 Å². The van der Waals surface area contributed by atoms with Crippen LogP contribution in [0.2, 0.25) is 0 Å². The van der Waals surface area contributed by atoms with Crippen LogP contribution in [0.25, 0.3) is 0 Å². The number of carboxylic acid groups (broad SMARTS) is 1. The van der Waals surface area contributed by atoms with Gasteiger partial charge in [-0.3, -0.25) is 19.6 Å². The Morgan fingerprint density at radius 2 is 1.25 bits per heavy atom. The predicted molar refractivity (Wildman–Crippen MR) is 232 cm³/mol. The van der Waals surface area contributed by atoms with Crippen LogP contribution in [0.1, 0.15) is 13.8 Å². The minimum atomic E-state index is -3.90. The van der Waals surface area contributed by atoms with Crippen LogP contribution in [0.3, 0.4) is 0 Å². The minimum absolute atomic E-state index is 0.0820. The average molecular weight is 1040 g/mol. The SMILES string of the molecule is CC(=O)NC1C(OC2C(C(=O)Nc3ccc(NS(C)(=O)=O)c(Oc4ccccc4)c3)OC(OC3C(O)C(CO)OC(O)C3NC(C)O)C(O)C2O)OC(CO)C(O)C1OC1OC(C(=O)O)C(O)C(O)C1O. The van der Waals surface area contributed by atoms with Gasteiger partial charge in [-0.25, -0.2) is 13.2 Å². The molecule has 0 saturated carbocycles. The number of amides is 2. The number of sulfonamides is 1. The van der Waals surface area contributed by atoms with E-state index in [4.69, 9.17) is 37.9 Å². The van der Waals surface area contributed by atoms with Gasteiger partial charge in [-0.05, 0) is 31.2 Å². The molecule has 2 aromatic carbocycles. The number of ether oxygens (including phenoxy) is 8. The van der Waals surface area contributed by atoms with E-state index in [1.165, 1.54) is 25.1 Å². The summed E-state index contributed by atoms with van der Waals surface area (Å²) in [6.45, 7) is 0.265. The van der Waals surface area contributed by atoms with E-state index in [1.807, 2.05) is 0 Å². The van der Waals surface area contributed by atoms with Crippen molar-refractivity contribution >= 4 is 39.2 Å². The zero-order chi connectivity index (χ0) is 52.2. The Balaban J connectivity index is 1.38. The standard InChI is InChI=1S/C41H58N4O25S/c1-14(48)42-22-31(24(50)20(12-46)64-38(22)60)66-41-30(56)28(54)33(35(70-41)36(57)44-16-9-10-18(45-71(3,61)62)19(11-16)63-17-7-5-4-6-8-17)68-39-23(43-15(2)49)32(25(51)21(13-47)65-39)67-40-29(55)26(52)27(53)34(69-40)37(58)59/h4-11,14,20-35,38-42,45-48,50-56,60H,12-13H2,1-3H3,(H,43,49)(H,44,57)(H,58,59). The van der Waals surface area contributed by atoms with Gasteiger partial charge in [0.25, 0.3) is 5.91 Å². The van der Waals surface area contributed by atoms with Gasteiger partial charge in [0.1, 0.15) is 91.3 Å². The molecule has 71 heavy (non-hydrogen) atoms. The number of aliphatic carboxylic acids is 1. The van der Waals surface area contributed by atoms with Crippen molar-refractivity contribution in [3.8, 4) is 11.5 Å². The van der Waals surface area contributed by atoms with E-state index in [0.717, 1.165) is 13.2 Å². The van der Waals surface area contributed by atoms with Crippen molar-refractivity contribution in [1.82, 2.24) is 10.6 Å². The molecular weight excluding hydrogens is 981 g/mol. The number of aliphatic hydroxyl groups is 11. The Morgan fingerprint density at radius 3 is 1.82 bits per heavy atom. The third-order valence-corrected chi connectivity index (χ3v) is 12.1. The van der Waals surface area contributed by atoms with E-state index >= 15 is 0 Å². The van der Waals surface area contributed by atoms with E-state index in [2.05, 4.69) is 20.7 Å². The van der Waals surface area contributed by atoms with Crippen LogP contribution < -0.4 is 25.4 Å². The molecule has 4 heterocycles. The highest BCUT2D eigenvalue weighted by molar-refractivity contribution is 7.92. The molecule has 2 aromatic rings. The van der Waals surface area contributed by atoms with Gasteiger partial charge in [-0.1, -0.05) is 18.2 Å². The number of carbonyl (C=O) groups is 3. The van der Waals surface area contributed by atoms with Crippen LogP contribution in [-0.4, -0.2) is 236 Å². The third kappa shape index (κ3) is 13.3. The van der Waals surface area contributed by atoms with Gasteiger partial charge < -0.3 is 110 Å². The molecule has 0 aromatic heterocycles. The molecule has 21 unspecified atom stereocenters. The summed E-state index contributed by atoms with van der Waals surface area (Å²) in [5.74, 6) is -3.86. The monoisotopic (exact) mass is 1040 g/mol. The lowest BCUT2D eigenvalue weighted by Gasteiger charge is -2.50. The fourth-order valence-corrected chi connectivity index (χ4v) is 8.74. The maximum Gasteiger partial charge on any atom is 0.335 e. The van der Waals surface area contributed by atoms with Gasteiger partial charge in [0.15, 0.2) is 43.1 Å². The largest absolute Gasteiger partial charge is 0.479 e. The molecule has 4 fully saturated rings. The molecule has 0 bridgehead atoms. The zero-order valence-corrected chi connectivity index (χ0v) is 38.6. The molecule has 2 amide bonds. The number of hydrogen-bond acceptors (Lipinski definition) is 25.